The lowest BCUT2D eigenvalue weighted by atomic mass is 10.0. The molecule has 10 heteroatoms. The fraction of sp³-hybridized carbons (Fsp3) is 0.476. The van der Waals surface area contributed by atoms with Crippen molar-refractivity contribution in [2.45, 2.75) is 57.4 Å². The number of nitrogens with zero attached hydrogens (tertiary/aromatic N) is 2. The number of carbonyl (C=O) groups is 2. The molecule has 1 aromatic carbocycles. The van der Waals surface area contributed by atoms with Crippen LogP contribution in [0.15, 0.2) is 33.7 Å². The molecule has 2 heterocycles. The lowest BCUT2D eigenvalue weighted by Gasteiger charge is -2.31. The van der Waals surface area contributed by atoms with E-state index in [9.17, 15) is 18.0 Å². The van der Waals surface area contributed by atoms with Gasteiger partial charge in [0.1, 0.15) is 5.56 Å². The highest BCUT2D eigenvalue weighted by molar-refractivity contribution is 7.89. The smallest absolute Gasteiger partial charge is 0.257 e. The molecule has 0 atom stereocenters. The number of hydrogen-bond donors (Lipinski definition) is 2. The molecular weight excluding hydrogens is 420 g/mol. The van der Waals surface area contributed by atoms with Crippen LogP contribution in [0.3, 0.4) is 0 Å². The van der Waals surface area contributed by atoms with Crippen molar-refractivity contribution < 1.29 is 22.5 Å². The number of piperidine rings is 1. The molecule has 2 aromatic rings. The molecule has 3 rings (SSSR count). The predicted octanol–water partition coefficient (Wildman–Crippen LogP) is 2.65. The van der Waals surface area contributed by atoms with Gasteiger partial charge in [-0.2, -0.15) is 4.31 Å². The Morgan fingerprint density at radius 1 is 1.16 bits per heavy atom. The van der Waals surface area contributed by atoms with Crippen LogP contribution in [0, 0.1) is 6.92 Å². The van der Waals surface area contributed by atoms with Gasteiger partial charge in [0.25, 0.3) is 5.91 Å². The van der Waals surface area contributed by atoms with E-state index in [0.29, 0.717) is 48.6 Å². The van der Waals surface area contributed by atoms with Crippen LogP contribution in [0.1, 0.15) is 61.3 Å². The van der Waals surface area contributed by atoms with E-state index in [0.717, 1.165) is 0 Å². The summed E-state index contributed by atoms with van der Waals surface area (Å²) in [6.45, 7) is 7.60. The summed E-state index contributed by atoms with van der Waals surface area (Å²) >= 11 is 0. The Kier molecular flexibility index (Phi) is 6.80. The van der Waals surface area contributed by atoms with Crippen LogP contribution in [0.2, 0.25) is 0 Å². The van der Waals surface area contributed by atoms with E-state index in [-0.39, 0.29) is 28.7 Å². The zero-order valence-electron chi connectivity index (χ0n) is 18.1. The first-order chi connectivity index (χ1) is 14.6. The molecule has 2 amide bonds. The maximum Gasteiger partial charge on any atom is 0.257 e. The number of aryl methyl sites for hydroxylation is 1. The number of benzene rings is 1. The number of aromatic nitrogens is 1. The number of nitrogens with one attached hydrogen (secondary N) is 2. The van der Waals surface area contributed by atoms with Crippen LogP contribution in [0.25, 0.3) is 0 Å². The standard InChI is InChI=1S/C21H28N4O5S/c1-13(2)20-19(14(3)24-30-20)21(27)23-17-9-11-25(12-10-17)31(28,29)18-7-5-16(6-8-18)22-15(4)26/h5-8,13,17H,9-12H2,1-4H3,(H,22,26)(H,23,27). The zero-order valence-corrected chi connectivity index (χ0v) is 19.0. The van der Waals surface area contributed by atoms with Crippen molar-refractivity contribution in [3.8, 4) is 0 Å². The lowest BCUT2D eigenvalue weighted by molar-refractivity contribution is -0.114. The SMILES string of the molecule is CC(=O)Nc1ccc(S(=O)(=O)N2CCC(NC(=O)c3c(C)noc3C(C)C)CC2)cc1. The monoisotopic (exact) mass is 448 g/mol. The van der Waals surface area contributed by atoms with Crippen LogP contribution >= 0.6 is 0 Å². The third kappa shape index (κ3) is 5.13. The molecule has 1 aromatic heterocycles. The van der Waals surface area contributed by atoms with Gasteiger partial charge in [-0.1, -0.05) is 19.0 Å². The van der Waals surface area contributed by atoms with Crippen molar-refractivity contribution in [2.75, 3.05) is 18.4 Å². The molecule has 0 spiro atoms. The molecule has 168 valence electrons. The quantitative estimate of drug-likeness (QED) is 0.701. The summed E-state index contributed by atoms with van der Waals surface area (Å²) in [5.41, 5.74) is 1.55. The topological polar surface area (TPSA) is 122 Å². The average molecular weight is 449 g/mol. The Morgan fingerprint density at radius 2 is 1.77 bits per heavy atom. The fourth-order valence-corrected chi connectivity index (χ4v) is 5.09. The largest absolute Gasteiger partial charge is 0.360 e. The van der Waals surface area contributed by atoms with Gasteiger partial charge in [0.05, 0.1) is 10.6 Å². The van der Waals surface area contributed by atoms with E-state index in [4.69, 9.17) is 4.52 Å². The van der Waals surface area contributed by atoms with Crippen LogP contribution in [-0.2, 0) is 14.8 Å². The molecule has 31 heavy (non-hydrogen) atoms. The molecule has 1 saturated heterocycles. The first-order valence-electron chi connectivity index (χ1n) is 10.2. The van der Waals surface area contributed by atoms with Gasteiger partial charge in [0.15, 0.2) is 5.76 Å². The highest BCUT2D eigenvalue weighted by Crippen LogP contribution is 2.25. The lowest BCUT2D eigenvalue weighted by Crippen LogP contribution is -2.46. The molecule has 0 bridgehead atoms. The zero-order chi connectivity index (χ0) is 22.8. The van der Waals surface area contributed by atoms with E-state index in [1.807, 2.05) is 13.8 Å². The Balaban J connectivity index is 1.62. The molecule has 1 fully saturated rings. The van der Waals surface area contributed by atoms with Gasteiger partial charge in [-0.05, 0) is 44.0 Å². The van der Waals surface area contributed by atoms with Gasteiger partial charge in [-0.25, -0.2) is 8.42 Å². The molecule has 1 aliphatic heterocycles. The Morgan fingerprint density at radius 3 is 2.32 bits per heavy atom. The van der Waals surface area contributed by atoms with Gasteiger partial charge >= 0.3 is 0 Å². The van der Waals surface area contributed by atoms with Crippen LogP contribution in [0.5, 0.6) is 0 Å². The Hall–Kier alpha value is -2.72. The van der Waals surface area contributed by atoms with Crippen LogP contribution < -0.4 is 10.6 Å². The predicted molar refractivity (Wildman–Crippen MR) is 115 cm³/mol. The van der Waals surface area contributed by atoms with Crippen molar-refractivity contribution in [1.29, 1.82) is 0 Å². The number of anilines is 1. The third-order valence-electron chi connectivity index (χ3n) is 5.24. The minimum absolute atomic E-state index is 0.0333. The molecule has 9 nitrogen and oxygen atoms in total. The van der Waals surface area contributed by atoms with Crippen molar-refractivity contribution in [2.24, 2.45) is 0 Å². The van der Waals surface area contributed by atoms with E-state index >= 15 is 0 Å². The summed E-state index contributed by atoms with van der Waals surface area (Å²) in [7, 11) is -3.64. The maximum absolute atomic E-state index is 12.9. The summed E-state index contributed by atoms with van der Waals surface area (Å²) in [4.78, 5) is 24.0. The van der Waals surface area contributed by atoms with E-state index < -0.39 is 10.0 Å². The normalized spacial score (nSPS) is 15.8. The van der Waals surface area contributed by atoms with Gasteiger partial charge in [0, 0.05) is 37.7 Å². The fourth-order valence-electron chi connectivity index (χ4n) is 3.62. The van der Waals surface area contributed by atoms with Crippen LogP contribution in [-0.4, -0.2) is 48.8 Å². The van der Waals surface area contributed by atoms with E-state index in [1.54, 1.807) is 19.1 Å². The molecule has 0 unspecified atom stereocenters. The van der Waals surface area contributed by atoms with Crippen LogP contribution in [0.4, 0.5) is 5.69 Å². The minimum Gasteiger partial charge on any atom is -0.360 e. The van der Waals surface area contributed by atoms with Crippen molar-refractivity contribution in [3.63, 3.8) is 0 Å². The summed E-state index contributed by atoms with van der Waals surface area (Å²) in [6.07, 6.45) is 1.02. The second-order valence-electron chi connectivity index (χ2n) is 8.02. The van der Waals surface area contributed by atoms with Crippen molar-refractivity contribution >= 4 is 27.5 Å². The molecule has 2 N–H and O–H groups in total. The van der Waals surface area contributed by atoms with Gasteiger partial charge < -0.3 is 15.2 Å². The molecule has 0 radical (unpaired) electrons. The summed E-state index contributed by atoms with van der Waals surface area (Å²) in [5, 5.41) is 9.51. The maximum atomic E-state index is 12.9. The molecule has 1 aliphatic rings. The number of hydrogen-bond acceptors (Lipinski definition) is 6. The van der Waals surface area contributed by atoms with Gasteiger partial charge in [-0.3, -0.25) is 9.59 Å². The first kappa shape index (κ1) is 23.0. The van der Waals surface area contributed by atoms with E-state index in [2.05, 4.69) is 15.8 Å². The average Bonchev–Trinajstić information content (AvgIpc) is 3.10. The summed E-state index contributed by atoms with van der Waals surface area (Å²) in [5.74, 6) is 0.127. The molecule has 0 saturated carbocycles. The summed E-state index contributed by atoms with van der Waals surface area (Å²) < 4.78 is 32.6. The second kappa shape index (κ2) is 9.19. The van der Waals surface area contributed by atoms with Crippen molar-refractivity contribution in [1.82, 2.24) is 14.8 Å². The second-order valence-corrected chi connectivity index (χ2v) is 9.96. The number of amides is 2. The van der Waals surface area contributed by atoms with Gasteiger partial charge in [0.2, 0.25) is 15.9 Å². The first-order valence-corrected chi connectivity index (χ1v) is 11.7. The summed E-state index contributed by atoms with van der Waals surface area (Å²) in [6, 6.07) is 5.96. The highest BCUT2D eigenvalue weighted by atomic mass is 32.2. The molecule has 0 aliphatic carbocycles. The number of rotatable bonds is 6. The third-order valence-corrected chi connectivity index (χ3v) is 7.16. The van der Waals surface area contributed by atoms with E-state index in [1.165, 1.54) is 23.4 Å². The minimum atomic E-state index is -3.64. The number of sulfonamides is 1. The Labute approximate surface area is 182 Å². The van der Waals surface area contributed by atoms with Gasteiger partial charge in [-0.15, -0.1) is 0 Å². The number of carbonyl (C=O) groups excluding carboxylic acids is 2. The highest BCUT2D eigenvalue weighted by Gasteiger charge is 2.31. The Bertz CT molecular complexity index is 1050. The van der Waals surface area contributed by atoms with Crippen molar-refractivity contribution in [3.05, 3.63) is 41.3 Å². The molecular formula is C21H28N4O5S.